The summed E-state index contributed by atoms with van der Waals surface area (Å²) >= 11 is 0. The molecule has 160 valence electrons. The minimum absolute atomic E-state index is 0.0951. The number of ether oxygens (including phenoxy) is 2. The number of rotatable bonds is 6. The topological polar surface area (TPSA) is 88.9 Å². The molecule has 0 saturated heterocycles. The SMILES string of the molecule is COc1cc(CN(C)C(=O)c2cnn3c2[nH]c(=O)c2ccccc23)ccc1OC(F)F. The van der Waals surface area contributed by atoms with Crippen molar-refractivity contribution in [3.05, 3.63) is 70.1 Å². The van der Waals surface area contributed by atoms with Crippen LogP contribution < -0.4 is 15.0 Å². The van der Waals surface area contributed by atoms with E-state index in [0.29, 0.717) is 22.1 Å². The molecule has 0 unspecified atom stereocenters. The minimum atomic E-state index is -2.97. The Balaban J connectivity index is 1.63. The number of nitrogens with one attached hydrogen (secondary N) is 1. The number of H-pyrrole nitrogens is 1. The average molecular weight is 428 g/mol. The molecule has 4 rings (SSSR count). The number of aromatic nitrogens is 3. The van der Waals surface area contributed by atoms with E-state index in [2.05, 4.69) is 14.8 Å². The van der Waals surface area contributed by atoms with Crippen LogP contribution in [0.25, 0.3) is 16.6 Å². The number of carbonyl (C=O) groups is 1. The number of amides is 1. The number of alkyl halides is 2. The molecule has 0 bridgehead atoms. The molecule has 0 aliphatic carbocycles. The summed E-state index contributed by atoms with van der Waals surface area (Å²) in [4.78, 5) is 29.6. The maximum atomic E-state index is 13.0. The fraction of sp³-hybridized carbons (Fsp3) is 0.190. The van der Waals surface area contributed by atoms with Crippen LogP contribution in [0.1, 0.15) is 15.9 Å². The third-order valence-corrected chi connectivity index (χ3v) is 4.82. The number of fused-ring (bicyclic) bond motifs is 3. The minimum Gasteiger partial charge on any atom is -0.493 e. The molecule has 0 fully saturated rings. The summed E-state index contributed by atoms with van der Waals surface area (Å²) in [5, 5.41) is 4.72. The fourth-order valence-corrected chi connectivity index (χ4v) is 3.39. The standard InChI is InChI=1S/C21H18F2N4O4/c1-26(11-12-7-8-16(31-21(22)23)17(9-12)30-2)20(29)14-10-24-27-15-6-4-3-5-13(15)19(28)25-18(14)27/h3-10,21H,11H2,1-2H3,(H,25,28). The molecule has 8 nitrogen and oxygen atoms in total. The average Bonchev–Trinajstić information content (AvgIpc) is 3.18. The number of halogens is 2. The molecule has 0 saturated carbocycles. The molecular formula is C21H18F2N4O4. The second-order valence-corrected chi connectivity index (χ2v) is 6.81. The highest BCUT2D eigenvalue weighted by atomic mass is 19.3. The summed E-state index contributed by atoms with van der Waals surface area (Å²) in [5.74, 6) is -0.333. The maximum Gasteiger partial charge on any atom is 0.387 e. The summed E-state index contributed by atoms with van der Waals surface area (Å²) in [5.41, 5.74) is 1.43. The first-order valence-corrected chi connectivity index (χ1v) is 9.25. The van der Waals surface area contributed by atoms with Crippen LogP contribution in [-0.2, 0) is 6.54 Å². The zero-order valence-corrected chi connectivity index (χ0v) is 16.6. The van der Waals surface area contributed by atoms with Crippen molar-refractivity contribution in [1.82, 2.24) is 19.5 Å². The zero-order valence-electron chi connectivity index (χ0n) is 16.6. The summed E-state index contributed by atoms with van der Waals surface area (Å²) in [6, 6.07) is 11.4. The first-order chi connectivity index (χ1) is 14.9. The third kappa shape index (κ3) is 3.79. The molecule has 2 aromatic carbocycles. The summed E-state index contributed by atoms with van der Waals surface area (Å²) in [6.45, 7) is -2.81. The van der Waals surface area contributed by atoms with Gasteiger partial charge in [0, 0.05) is 13.6 Å². The van der Waals surface area contributed by atoms with Gasteiger partial charge in [-0.1, -0.05) is 18.2 Å². The Kier molecular flexibility index (Phi) is 5.28. The normalized spacial score (nSPS) is 11.3. The first kappa shape index (κ1) is 20.3. The second-order valence-electron chi connectivity index (χ2n) is 6.81. The molecule has 4 aromatic rings. The van der Waals surface area contributed by atoms with E-state index in [9.17, 15) is 18.4 Å². The molecule has 0 spiro atoms. The van der Waals surface area contributed by atoms with E-state index in [0.717, 1.165) is 0 Å². The van der Waals surface area contributed by atoms with Crippen LogP contribution in [0.2, 0.25) is 0 Å². The van der Waals surface area contributed by atoms with Crippen LogP contribution in [0.3, 0.4) is 0 Å². The summed E-state index contributed by atoms with van der Waals surface area (Å²) < 4.78 is 36.0. The van der Waals surface area contributed by atoms with Gasteiger partial charge in [0.25, 0.3) is 11.5 Å². The van der Waals surface area contributed by atoms with Gasteiger partial charge < -0.3 is 19.4 Å². The van der Waals surface area contributed by atoms with Crippen molar-refractivity contribution in [1.29, 1.82) is 0 Å². The van der Waals surface area contributed by atoms with Gasteiger partial charge in [-0.15, -0.1) is 0 Å². The van der Waals surface area contributed by atoms with E-state index >= 15 is 0 Å². The lowest BCUT2D eigenvalue weighted by atomic mass is 10.1. The highest BCUT2D eigenvalue weighted by molar-refractivity contribution is 6.00. The van der Waals surface area contributed by atoms with Crippen LogP contribution in [-0.4, -0.2) is 46.2 Å². The quantitative estimate of drug-likeness (QED) is 0.510. The molecule has 1 N–H and O–H groups in total. The van der Waals surface area contributed by atoms with E-state index in [1.54, 1.807) is 37.4 Å². The lowest BCUT2D eigenvalue weighted by Gasteiger charge is -2.18. The molecule has 0 atom stereocenters. The molecule has 31 heavy (non-hydrogen) atoms. The van der Waals surface area contributed by atoms with Gasteiger partial charge in [0.1, 0.15) is 11.2 Å². The van der Waals surface area contributed by atoms with Gasteiger partial charge in [0.2, 0.25) is 0 Å². The maximum absolute atomic E-state index is 13.0. The highest BCUT2D eigenvalue weighted by Gasteiger charge is 2.20. The number of carbonyl (C=O) groups excluding carboxylic acids is 1. The van der Waals surface area contributed by atoms with Gasteiger partial charge in [-0.05, 0) is 29.8 Å². The monoisotopic (exact) mass is 428 g/mol. The number of para-hydroxylation sites is 1. The van der Waals surface area contributed by atoms with Crippen LogP contribution in [0, 0.1) is 0 Å². The number of benzene rings is 2. The Labute approximate surface area is 174 Å². The molecule has 0 radical (unpaired) electrons. The Bertz CT molecular complexity index is 1330. The van der Waals surface area contributed by atoms with Crippen molar-refractivity contribution in [2.24, 2.45) is 0 Å². The van der Waals surface area contributed by atoms with Crippen LogP contribution in [0.15, 0.2) is 53.5 Å². The van der Waals surface area contributed by atoms with E-state index in [-0.39, 0.29) is 35.1 Å². The number of methoxy groups -OCH3 is 1. The van der Waals surface area contributed by atoms with Gasteiger partial charge in [-0.3, -0.25) is 9.59 Å². The molecular weight excluding hydrogens is 410 g/mol. The largest absolute Gasteiger partial charge is 0.493 e. The summed E-state index contributed by atoms with van der Waals surface area (Å²) in [6.07, 6.45) is 1.40. The van der Waals surface area contributed by atoms with Crippen molar-refractivity contribution >= 4 is 22.5 Å². The lowest BCUT2D eigenvalue weighted by molar-refractivity contribution is -0.0512. The predicted molar refractivity (Wildman–Crippen MR) is 109 cm³/mol. The van der Waals surface area contributed by atoms with Crippen molar-refractivity contribution < 1.29 is 23.0 Å². The Morgan fingerprint density at radius 3 is 2.74 bits per heavy atom. The van der Waals surface area contributed by atoms with Crippen LogP contribution >= 0.6 is 0 Å². The third-order valence-electron chi connectivity index (χ3n) is 4.82. The molecule has 0 aliphatic rings. The van der Waals surface area contributed by atoms with E-state index in [1.807, 2.05) is 0 Å². The highest BCUT2D eigenvalue weighted by Crippen LogP contribution is 2.30. The second kappa shape index (κ2) is 8.05. The molecule has 2 heterocycles. The van der Waals surface area contributed by atoms with E-state index < -0.39 is 6.61 Å². The number of nitrogens with zero attached hydrogens (tertiary/aromatic N) is 3. The first-order valence-electron chi connectivity index (χ1n) is 9.25. The van der Waals surface area contributed by atoms with Crippen molar-refractivity contribution in [2.75, 3.05) is 14.2 Å². The molecule has 0 aliphatic heterocycles. The van der Waals surface area contributed by atoms with Gasteiger partial charge in [-0.2, -0.15) is 13.9 Å². The van der Waals surface area contributed by atoms with Gasteiger partial charge in [0.05, 0.1) is 24.2 Å². The molecule has 1 amide bonds. The summed E-state index contributed by atoms with van der Waals surface area (Å²) in [7, 11) is 2.92. The number of hydrogen-bond donors (Lipinski definition) is 1. The number of hydrogen-bond acceptors (Lipinski definition) is 5. The Hall–Kier alpha value is -3.95. The predicted octanol–water partition coefficient (Wildman–Crippen LogP) is 3.06. The van der Waals surface area contributed by atoms with Crippen molar-refractivity contribution in [3.63, 3.8) is 0 Å². The molecule has 10 heteroatoms. The van der Waals surface area contributed by atoms with Gasteiger partial charge >= 0.3 is 6.61 Å². The van der Waals surface area contributed by atoms with Crippen molar-refractivity contribution in [2.45, 2.75) is 13.2 Å². The van der Waals surface area contributed by atoms with E-state index in [1.165, 1.54) is 34.9 Å². The Morgan fingerprint density at radius 2 is 2.00 bits per heavy atom. The van der Waals surface area contributed by atoms with Gasteiger partial charge in [-0.25, -0.2) is 4.52 Å². The van der Waals surface area contributed by atoms with Crippen LogP contribution in [0.5, 0.6) is 11.5 Å². The zero-order chi connectivity index (χ0) is 22.1. The lowest BCUT2D eigenvalue weighted by Crippen LogP contribution is -2.26. The number of aromatic amines is 1. The van der Waals surface area contributed by atoms with Gasteiger partial charge in [0.15, 0.2) is 11.5 Å². The Morgan fingerprint density at radius 1 is 1.23 bits per heavy atom. The van der Waals surface area contributed by atoms with Crippen LogP contribution in [0.4, 0.5) is 8.78 Å². The smallest absolute Gasteiger partial charge is 0.387 e. The van der Waals surface area contributed by atoms with Crippen molar-refractivity contribution in [3.8, 4) is 11.5 Å². The molecule has 2 aromatic heterocycles. The fourth-order valence-electron chi connectivity index (χ4n) is 3.39. The van der Waals surface area contributed by atoms with E-state index in [4.69, 9.17) is 4.74 Å².